The average Bonchev–Trinajstić information content (AvgIpc) is 3.59. The lowest BCUT2D eigenvalue weighted by atomic mass is 9.88. The second kappa shape index (κ2) is 11.0. The van der Waals surface area contributed by atoms with Crippen LogP contribution in [0, 0.1) is 5.82 Å². The van der Waals surface area contributed by atoms with Gasteiger partial charge in [0.1, 0.15) is 5.82 Å². The SMILES string of the molecule is C[C@]1(c2ccc(Cl)cc2F)Oc2cccc(C3CCN(Cc4ncc(-c5n[nH]c(C(F)(F)F)n5)cc4C4COC4)CC3)c2O1. The maximum atomic E-state index is 14.8. The molecule has 3 aliphatic heterocycles. The second-order valence-electron chi connectivity index (χ2n) is 11.5. The third-order valence-electron chi connectivity index (χ3n) is 8.53. The molecule has 230 valence electrons. The summed E-state index contributed by atoms with van der Waals surface area (Å²) in [6.45, 7) is 4.97. The summed E-state index contributed by atoms with van der Waals surface area (Å²) in [7, 11) is 0. The van der Waals surface area contributed by atoms with Crippen molar-refractivity contribution in [3.8, 4) is 22.9 Å². The molecule has 4 aromatic rings. The highest BCUT2D eigenvalue weighted by Gasteiger charge is 2.43. The summed E-state index contributed by atoms with van der Waals surface area (Å²) < 4.78 is 71.8. The van der Waals surface area contributed by atoms with Gasteiger partial charge in [0, 0.05) is 41.7 Å². The summed E-state index contributed by atoms with van der Waals surface area (Å²) in [5, 5.41) is 6.02. The van der Waals surface area contributed by atoms with Crippen molar-refractivity contribution in [1.82, 2.24) is 25.1 Å². The van der Waals surface area contributed by atoms with Crippen LogP contribution in [0.5, 0.6) is 11.5 Å². The highest BCUT2D eigenvalue weighted by Crippen LogP contribution is 2.50. The minimum atomic E-state index is -4.61. The number of nitrogens with zero attached hydrogens (tertiary/aromatic N) is 4. The molecule has 0 saturated carbocycles. The molecule has 5 heterocycles. The fourth-order valence-electron chi connectivity index (χ4n) is 6.10. The fourth-order valence-corrected chi connectivity index (χ4v) is 6.26. The van der Waals surface area contributed by atoms with Gasteiger partial charge in [-0.1, -0.05) is 23.7 Å². The van der Waals surface area contributed by atoms with Crippen LogP contribution in [0.4, 0.5) is 17.6 Å². The first-order valence-electron chi connectivity index (χ1n) is 14.3. The molecule has 3 aliphatic rings. The first kappa shape index (κ1) is 29.0. The molecule has 2 aromatic heterocycles. The minimum absolute atomic E-state index is 0.0461. The van der Waals surface area contributed by atoms with Gasteiger partial charge in [0.25, 0.3) is 5.79 Å². The lowest BCUT2D eigenvalue weighted by Gasteiger charge is -2.34. The molecule has 1 N–H and O–H groups in total. The van der Waals surface area contributed by atoms with E-state index in [0.29, 0.717) is 41.8 Å². The van der Waals surface area contributed by atoms with Gasteiger partial charge in [0.05, 0.1) is 24.5 Å². The van der Waals surface area contributed by atoms with Gasteiger partial charge in [0.2, 0.25) is 5.82 Å². The maximum Gasteiger partial charge on any atom is 0.451 e. The van der Waals surface area contributed by atoms with Crippen molar-refractivity contribution in [3.05, 3.63) is 87.7 Å². The smallest absolute Gasteiger partial charge is 0.444 e. The summed E-state index contributed by atoms with van der Waals surface area (Å²) in [4.78, 5) is 10.6. The average molecular weight is 630 g/mol. The molecule has 44 heavy (non-hydrogen) atoms. The van der Waals surface area contributed by atoms with Gasteiger partial charge in [-0.05, 0) is 67.7 Å². The van der Waals surface area contributed by atoms with Gasteiger partial charge in [-0.2, -0.15) is 18.3 Å². The van der Waals surface area contributed by atoms with Crippen LogP contribution in [0.15, 0.2) is 48.7 Å². The van der Waals surface area contributed by atoms with Crippen LogP contribution in [0.3, 0.4) is 0 Å². The molecule has 8 nitrogen and oxygen atoms in total. The van der Waals surface area contributed by atoms with E-state index < -0.39 is 23.6 Å². The van der Waals surface area contributed by atoms with Crippen LogP contribution in [0.2, 0.25) is 5.02 Å². The number of para-hydroxylation sites is 1. The van der Waals surface area contributed by atoms with Crippen molar-refractivity contribution in [2.45, 2.75) is 50.1 Å². The summed E-state index contributed by atoms with van der Waals surface area (Å²) in [5.74, 6) is -1.46. The summed E-state index contributed by atoms with van der Waals surface area (Å²) >= 11 is 5.95. The first-order chi connectivity index (χ1) is 21.1. The zero-order valence-electron chi connectivity index (χ0n) is 23.6. The second-order valence-corrected chi connectivity index (χ2v) is 11.9. The van der Waals surface area contributed by atoms with Gasteiger partial charge in [-0.3, -0.25) is 15.0 Å². The highest BCUT2D eigenvalue weighted by atomic mass is 35.5. The number of nitrogens with one attached hydrogen (secondary N) is 1. The van der Waals surface area contributed by atoms with Crippen molar-refractivity contribution in [2.24, 2.45) is 0 Å². The number of aromatic amines is 1. The molecule has 2 saturated heterocycles. The van der Waals surface area contributed by atoms with Crippen LogP contribution in [-0.2, 0) is 23.2 Å². The van der Waals surface area contributed by atoms with Gasteiger partial charge in [-0.15, -0.1) is 0 Å². The Balaban J connectivity index is 1.05. The third kappa shape index (κ3) is 5.39. The lowest BCUT2D eigenvalue weighted by Crippen LogP contribution is -2.34. The number of pyridine rings is 1. The lowest BCUT2D eigenvalue weighted by molar-refractivity contribution is -0.144. The summed E-state index contributed by atoms with van der Waals surface area (Å²) in [5.41, 5.74) is 3.53. The minimum Gasteiger partial charge on any atom is -0.444 e. The third-order valence-corrected chi connectivity index (χ3v) is 8.76. The number of aromatic nitrogens is 4. The molecule has 1 atom stereocenters. The highest BCUT2D eigenvalue weighted by molar-refractivity contribution is 6.30. The Morgan fingerprint density at radius 1 is 1.05 bits per heavy atom. The van der Waals surface area contributed by atoms with Crippen LogP contribution in [0.25, 0.3) is 11.4 Å². The zero-order valence-corrected chi connectivity index (χ0v) is 24.4. The number of alkyl halides is 3. The van der Waals surface area contributed by atoms with E-state index in [1.807, 2.05) is 29.4 Å². The number of piperidine rings is 1. The van der Waals surface area contributed by atoms with Gasteiger partial charge < -0.3 is 14.2 Å². The number of halogens is 5. The normalized spacial score (nSPS) is 21.0. The molecule has 13 heteroatoms. The van der Waals surface area contributed by atoms with E-state index in [0.717, 1.165) is 42.8 Å². The molecule has 7 rings (SSSR count). The van der Waals surface area contributed by atoms with Crippen molar-refractivity contribution >= 4 is 11.6 Å². The maximum absolute atomic E-state index is 14.8. The van der Waals surface area contributed by atoms with Crippen LogP contribution in [0.1, 0.15) is 59.8 Å². The molecule has 0 bridgehead atoms. The van der Waals surface area contributed by atoms with Crippen LogP contribution >= 0.6 is 11.6 Å². The predicted octanol–water partition coefficient (Wildman–Crippen LogP) is 6.82. The number of ether oxygens (including phenoxy) is 3. The Kier molecular flexibility index (Phi) is 7.25. The van der Waals surface area contributed by atoms with Gasteiger partial charge in [0.15, 0.2) is 17.3 Å². The molecule has 0 amide bonds. The van der Waals surface area contributed by atoms with Crippen molar-refractivity contribution < 1.29 is 31.8 Å². The Morgan fingerprint density at radius 3 is 2.52 bits per heavy atom. The Morgan fingerprint density at radius 2 is 1.84 bits per heavy atom. The first-order valence-corrected chi connectivity index (χ1v) is 14.7. The predicted molar refractivity (Wildman–Crippen MR) is 152 cm³/mol. The molecule has 0 unspecified atom stereocenters. The van der Waals surface area contributed by atoms with Crippen molar-refractivity contribution in [3.63, 3.8) is 0 Å². The van der Waals surface area contributed by atoms with Crippen molar-refractivity contribution in [2.75, 3.05) is 26.3 Å². The molecule has 0 aliphatic carbocycles. The monoisotopic (exact) mass is 629 g/mol. The number of H-pyrrole nitrogens is 1. The van der Waals surface area contributed by atoms with E-state index in [9.17, 15) is 17.6 Å². The number of hydrogen-bond acceptors (Lipinski definition) is 7. The number of rotatable bonds is 6. The molecule has 0 spiro atoms. The number of benzene rings is 2. The number of fused-ring (bicyclic) bond motifs is 1. The fraction of sp³-hybridized carbons (Fsp3) is 0.387. The quantitative estimate of drug-likeness (QED) is 0.234. The Hall–Kier alpha value is -3.74. The number of hydrogen-bond donors (Lipinski definition) is 1. The van der Waals surface area contributed by atoms with E-state index >= 15 is 0 Å². The van der Waals surface area contributed by atoms with E-state index in [1.54, 1.807) is 19.1 Å². The molecule has 0 radical (unpaired) electrons. The molecular formula is C31H28ClF4N5O3. The Labute approximate surface area is 255 Å². The van der Waals surface area contributed by atoms with Crippen molar-refractivity contribution in [1.29, 1.82) is 0 Å². The largest absolute Gasteiger partial charge is 0.451 e. The topological polar surface area (TPSA) is 85.4 Å². The van der Waals surface area contributed by atoms with Gasteiger partial charge >= 0.3 is 6.18 Å². The Bertz CT molecular complexity index is 1700. The molecular weight excluding hydrogens is 602 g/mol. The van der Waals surface area contributed by atoms with E-state index in [1.165, 1.54) is 12.3 Å². The van der Waals surface area contributed by atoms with Crippen LogP contribution < -0.4 is 9.47 Å². The zero-order chi connectivity index (χ0) is 30.6. The summed E-state index contributed by atoms with van der Waals surface area (Å²) in [6.07, 6.45) is -1.35. The van der Waals surface area contributed by atoms with Gasteiger partial charge in [-0.25, -0.2) is 9.37 Å². The molecule has 2 aromatic carbocycles. The molecule has 2 fully saturated rings. The summed E-state index contributed by atoms with van der Waals surface area (Å²) in [6, 6.07) is 12.1. The standard InChI is InChI=1S/C31H28ClF4N5O3/c1-30(23-6-5-20(32)12-24(23)33)43-26-4-2-3-21(27(26)44-30)17-7-9-41(10-8-17)14-25-22(19-15-42-16-19)11-18(13-37-25)28-38-29(40-39-28)31(34,35)36/h2-6,11-13,17,19H,7-10,14-16H2,1H3,(H,38,39,40)/t30-/m0/s1. The van der Waals surface area contributed by atoms with Crippen LogP contribution in [-0.4, -0.2) is 51.4 Å². The van der Waals surface area contributed by atoms with E-state index in [4.69, 9.17) is 25.8 Å². The van der Waals surface area contributed by atoms with E-state index in [-0.39, 0.29) is 23.2 Å². The van der Waals surface area contributed by atoms with E-state index in [2.05, 4.69) is 20.0 Å². The number of likely N-dealkylation sites (tertiary alicyclic amines) is 1.